The molecular formula is C11H20ClN3. The largest absolute Gasteiger partial charge is 0.307 e. The van der Waals surface area contributed by atoms with E-state index in [4.69, 9.17) is 11.6 Å². The molecule has 0 saturated heterocycles. The SMILES string of the molecule is CCC(CCl)NCc1cc(C)nn1CC. The van der Waals surface area contributed by atoms with Gasteiger partial charge in [0, 0.05) is 25.0 Å². The summed E-state index contributed by atoms with van der Waals surface area (Å²) in [4.78, 5) is 0. The zero-order valence-electron chi connectivity index (χ0n) is 9.76. The monoisotopic (exact) mass is 229 g/mol. The third-order valence-corrected chi connectivity index (χ3v) is 2.91. The van der Waals surface area contributed by atoms with Crippen molar-refractivity contribution < 1.29 is 0 Å². The number of alkyl halides is 1. The van der Waals surface area contributed by atoms with Crippen molar-refractivity contribution in [2.75, 3.05) is 5.88 Å². The van der Waals surface area contributed by atoms with Gasteiger partial charge in [-0.1, -0.05) is 6.92 Å². The van der Waals surface area contributed by atoms with Crippen LogP contribution in [0.15, 0.2) is 6.07 Å². The molecule has 0 aliphatic heterocycles. The lowest BCUT2D eigenvalue weighted by Crippen LogP contribution is -2.30. The number of nitrogens with zero attached hydrogens (tertiary/aromatic N) is 2. The second kappa shape index (κ2) is 6.13. The van der Waals surface area contributed by atoms with Crippen molar-refractivity contribution >= 4 is 11.6 Å². The normalized spacial score (nSPS) is 13.1. The molecule has 15 heavy (non-hydrogen) atoms. The summed E-state index contributed by atoms with van der Waals surface area (Å²) >= 11 is 5.83. The second-order valence-electron chi connectivity index (χ2n) is 3.73. The summed E-state index contributed by atoms with van der Waals surface area (Å²) in [5.41, 5.74) is 2.31. The second-order valence-corrected chi connectivity index (χ2v) is 4.04. The van der Waals surface area contributed by atoms with E-state index in [1.165, 1.54) is 5.69 Å². The Morgan fingerprint density at radius 3 is 2.80 bits per heavy atom. The molecule has 86 valence electrons. The molecule has 1 atom stereocenters. The topological polar surface area (TPSA) is 29.9 Å². The van der Waals surface area contributed by atoms with Crippen molar-refractivity contribution in [3.05, 3.63) is 17.5 Å². The average Bonchev–Trinajstić information content (AvgIpc) is 2.60. The molecule has 1 heterocycles. The molecule has 4 heteroatoms. The Hall–Kier alpha value is -0.540. The van der Waals surface area contributed by atoms with Crippen LogP contribution in [0.4, 0.5) is 0 Å². The molecule has 1 unspecified atom stereocenters. The molecule has 0 spiro atoms. The first-order chi connectivity index (χ1) is 7.21. The number of hydrogen-bond acceptors (Lipinski definition) is 2. The predicted molar refractivity (Wildman–Crippen MR) is 64.3 cm³/mol. The smallest absolute Gasteiger partial charge is 0.0597 e. The Morgan fingerprint density at radius 2 is 2.27 bits per heavy atom. The van der Waals surface area contributed by atoms with Crippen molar-refractivity contribution in [1.29, 1.82) is 0 Å². The van der Waals surface area contributed by atoms with Gasteiger partial charge in [-0.15, -0.1) is 11.6 Å². The van der Waals surface area contributed by atoms with Gasteiger partial charge in [-0.2, -0.15) is 5.10 Å². The van der Waals surface area contributed by atoms with Crippen LogP contribution in [0.5, 0.6) is 0 Å². The highest BCUT2D eigenvalue weighted by molar-refractivity contribution is 6.18. The number of halogens is 1. The maximum absolute atomic E-state index is 5.83. The summed E-state index contributed by atoms with van der Waals surface area (Å²) in [6.07, 6.45) is 1.06. The highest BCUT2D eigenvalue weighted by Crippen LogP contribution is 2.04. The highest BCUT2D eigenvalue weighted by Gasteiger charge is 2.07. The van der Waals surface area contributed by atoms with E-state index in [-0.39, 0.29) is 0 Å². The zero-order valence-corrected chi connectivity index (χ0v) is 10.5. The molecule has 0 amide bonds. The molecule has 0 bridgehead atoms. The standard InChI is InChI=1S/C11H20ClN3/c1-4-10(7-12)13-8-11-6-9(3)14-15(11)5-2/h6,10,13H,4-5,7-8H2,1-3H3. The van der Waals surface area contributed by atoms with Gasteiger partial charge in [0.1, 0.15) is 0 Å². The summed E-state index contributed by atoms with van der Waals surface area (Å²) in [7, 11) is 0. The summed E-state index contributed by atoms with van der Waals surface area (Å²) < 4.78 is 2.03. The van der Waals surface area contributed by atoms with E-state index in [9.17, 15) is 0 Å². The molecule has 1 rings (SSSR count). The zero-order chi connectivity index (χ0) is 11.3. The summed E-state index contributed by atoms with van der Waals surface area (Å²) in [5, 5.41) is 7.83. The van der Waals surface area contributed by atoms with Crippen LogP contribution in [0.1, 0.15) is 31.7 Å². The minimum atomic E-state index is 0.396. The average molecular weight is 230 g/mol. The van der Waals surface area contributed by atoms with Gasteiger partial charge in [0.25, 0.3) is 0 Å². The molecule has 1 aromatic heterocycles. The van der Waals surface area contributed by atoms with Crippen LogP contribution in [-0.4, -0.2) is 21.7 Å². The number of nitrogens with one attached hydrogen (secondary N) is 1. The van der Waals surface area contributed by atoms with Gasteiger partial charge in [0.2, 0.25) is 0 Å². The number of aromatic nitrogens is 2. The molecule has 0 aliphatic carbocycles. The number of hydrogen-bond donors (Lipinski definition) is 1. The Labute approximate surface area is 96.8 Å². The summed E-state index contributed by atoms with van der Waals surface area (Å²) in [6, 6.07) is 2.52. The third-order valence-electron chi connectivity index (χ3n) is 2.54. The molecule has 0 aromatic carbocycles. The summed E-state index contributed by atoms with van der Waals surface area (Å²) in [6.45, 7) is 8.04. The number of aryl methyl sites for hydroxylation is 2. The predicted octanol–water partition coefficient (Wildman–Crippen LogP) is 2.32. The van der Waals surface area contributed by atoms with Crippen LogP contribution >= 0.6 is 11.6 Å². The van der Waals surface area contributed by atoms with E-state index in [0.29, 0.717) is 11.9 Å². The maximum Gasteiger partial charge on any atom is 0.0597 e. The van der Waals surface area contributed by atoms with Crippen LogP contribution in [0.3, 0.4) is 0 Å². The van der Waals surface area contributed by atoms with Crippen LogP contribution in [0, 0.1) is 6.92 Å². The first-order valence-electron chi connectivity index (χ1n) is 5.53. The number of rotatable bonds is 6. The van der Waals surface area contributed by atoms with Crippen molar-refractivity contribution in [2.24, 2.45) is 0 Å². The lowest BCUT2D eigenvalue weighted by atomic mass is 10.2. The Balaban J connectivity index is 2.55. The fraction of sp³-hybridized carbons (Fsp3) is 0.727. The van der Waals surface area contributed by atoms with Crippen LogP contribution in [-0.2, 0) is 13.1 Å². The van der Waals surface area contributed by atoms with E-state index in [2.05, 4.69) is 30.3 Å². The van der Waals surface area contributed by atoms with Gasteiger partial charge in [-0.25, -0.2) is 0 Å². The lowest BCUT2D eigenvalue weighted by Gasteiger charge is -2.13. The molecular weight excluding hydrogens is 210 g/mol. The van der Waals surface area contributed by atoms with Crippen molar-refractivity contribution in [1.82, 2.24) is 15.1 Å². The molecule has 1 aromatic rings. The van der Waals surface area contributed by atoms with Crippen LogP contribution in [0.2, 0.25) is 0 Å². The van der Waals surface area contributed by atoms with Gasteiger partial charge in [-0.3, -0.25) is 4.68 Å². The van der Waals surface area contributed by atoms with E-state index >= 15 is 0 Å². The molecule has 3 nitrogen and oxygen atoms in total. The van der Waals surface area contributed by atoms with Crippen molar-refractivity contribution in [3.8, 4) is 0 Å². The lowest BCUT2D eigenvalue weighted by molar-refractivity contribution is 0.509. The minimum absolute atomic E-state index is 0.396. The Morgan fingerprint density at radius 1 is 1.53 bits per heavy atom. The van der Waals surface area contributed by atoms with Gasteiger partial charge < -0.3 is 5.32 Å². The van der Waals surface area contributed by atoms with Crippen LogP contribution in [0.25, 0.3) is 0 Å². The Kier molecular flexibility index (Phi) is 5.12. The maximum atomic E-state index is 5.83. The first kappa shape index (κ1) is 12.5. The summed E-state index contributed by atoms with van der Waals surface area (Å²) in [5.74, 6) is 0.662. The quantitative estimate of drug-likeness (QED) is 0.759. The van der Waals surface area contributed by atoms with Gasteiger partial charge in [0.15, 0.2) is 0 Å². The molecule has 0 aliphatic rings. The first-order valence-corrected chi connectivity index (χ1v) is 6.07. The van der Waals surface area contributed by atoms with E-state index < -0.39 is 0 Å². The fourth-order valence-corrected chi connectivity index (χ4v) is 1.90. The highest BCUT2D eigenvalue weighted by atomic mass is 35.5. The van der Waals surface area contributed by atoms with Gasteiger partial charge in [-0.05, 0) is 26.3 Å². The minimum Gasteiger partial charge on any atom is -0.307 e. The molecule has 0 radical (unpaired) electrons. The van der Waals surface area contributed by atoms with Crippen molar-refractivity contribution in [3.63, 3.8) is 0 Å². The molecule has 0 saturated carbocycles. The molecule has 1 N–H and O–H groups in total. The van der Waals surface area contributed by atoms with Crippen LogP contribution < -0.4 is 5.32 Å². The van der Waals surface area contributed by atoms with Gasteiger partial charge >= 0.3 is 0 Å². The van der Waals surface area contributed by atoms with E-state index in [1.807, 2.05) is 11.6 Å². The fourth-order valence-electron chi connectivity index (χ4n) is 1.57. The Bertz CT molecular complexity index is 292. The molecule has 0 fully saturated rings. The van der Waals surface area contributed by atoms with Gasteiger partial charge in [0.05, 0.1) is 11.4 Å². The van der Waals surface area contributed by atoms with E-state index in [1.54, 1.807) is 0 Å². The third kappa shape index (κ3) is 3.50. The van der Waals surface area contributed by atoms with E-state index in [0.717, 1.165) is 25.2 Å². The van der Waals surface area contributed by atoms with Crippen molar-refractivity contribution in [2.45, 2.75) is 46.3 Å².